The maximum Gasteiger partial charge on any atom is 0.338 e. The van der Waals surface area contributed by atoms with Crippen molar-refractivity contribution in [3.63, 3.8) is 0 Å². The molecule has 0 fully saturated rings. The van der Waals surface area contributed by atoms with Gasteiger partial charge in [0.25, 0.3) is 0 Å². The molecule has 0 aliphatic heterocycles. The Kier molecular flexibility index (Phi) is 5.25. The molecule has 0 aromatic heterocycles. The topological polar surface area (TPSA) is 35.5 Å². The Bertz CT molecular complexity index is 418. The number of carbonyl (C=O) groups is 1. The molecule has 0 radical (unpaired) electrons. The quantitative estimate of drug-likeness (QED) is 0.577. The summed E-state index contributed by atoms with van der Waals surface area (Å²) < 4.78 is 10.2. The molecule has 1 aromatic carbocycles. The molecule has 0 amide bonds. The minimum Gasteiger partial charge on any atom is -0.458 e. The van der Waals surface area contributed by atoms with Gasteiger partial charge < -0.3 is 9.47 Å². The summed E-state index contributed by atoms with van der Waals surface area (Å²) in [5.74, 6) is 2.10. The molecule has 0 aliphatic carbocycles. The van der Waals surface area contributed by atoms with Crippen LogP contribution in [0.3, 0.4) is 0 Å². The number of methoxy groups -OCH3 is 1. The minimum absolute atomic E-state index is 0.265. The van der Waals surface area contributed by atoms with E-state index in [4.69, 9.17) is 15.9 Å². The lowest BCUT2D eigenvalue weighted by Crippen LogP contribution is -2.14. The SMILES string of the molecule is C#CC[C@@H](C)OC(=O)c1cccc(COC)c1. The van der Waals surface area contributed by atoms with Crippen LogP contribution in [0, 0.1) is 12.3 Å². The van der Waals surface area contributed by atoms with Gasteiger partial charge >= 0.3 is 5.97 Å². The van der Waals surface area contributed by atoms with E-state index in [2.05, 4.69) is 5.92 Å². The Hall–Kier alpha value is -1.79. The van der Waals surface area contributed by atoms with E-state index in [0.717, 1.165) is 5.56 Å². The summed E-state index contributed by atoms with van der Waals surface area (Å²) in [6.45, 7) is 2.25. The van der Waals surface area contributed by atoms with Crippen molar-refractivity contribution in [3.05, 3.63) is 35.4 Å². The summed E-state index contributed by atoms with van der Waals surface area (Å²) in [7, 11) is 1.61. The van der Waals surface area contributed by atoms with Gasteiger partial charge in [0.05, 0.1) is 12.2 Å². The van der Waals surface area contributed by atoms with Crippen molar-refractivity contribution in [1.82, 2.24) is 0 Å². The summed E-state index contributed by atoms with van der Waals surface area (Å²) in [5, 5.41) is 0. The maximum atomic E-state index is 11.8. The highest BCUT2D eigenvalue weighted by Crippen LogP contribution is 2.09. The first kappa shape index (κ1) is 13.3. The number of hydrogen-bond acceptors (Lipinski definition) is 3. The van der Waals surface area contributed by atoms with Crippen molar-refractivity contribution in [2.45, 2.75) is 26.1 Å². The van der Waals surface area contributed by atoms with Crippen LogP contribution < -0.4 is 0 Å². The summed E-state index contributed by atoms with van der Waals surface area (Å²) >= 11 is 0. The zero-order valence-corrected chi connectivity index (χ0v) is 10.1. The standard InChI is InChI=1S/C14H16O3/c1-4-6-11(2)17-14(15)13-8-5-7-12(9-13)10-16-3/h1,5,7-9,11H,6,10H2,2-3H3/t11-/m1/s1. The first-order chi connectivity index (χ1) is 8.17. The van der Waals surface area contributed by atoms with Gasteiger partial charge in [-0.1, -0.05) is 12.1 Å². The third-order valence-electron chi connectivity index (χ3n) is 2.19. The highest BCUT2D eigenvalue weighted by molar-refractivity contribution is 5.89. The molecule has 0 N–H and O–H groups in total. The molecule has 1 aromatic rings. The zero-order chi connectivity index (χ0) is 12.7. The first-order valence-electron chi connectivity index (χ1n) is 5.39. The molecule has 0 spiro atoms. The van der Waals surface area contributed by atoms with E-state index in [0.29, 0.717) is 18.6 Å². The van der Waals surface area contributed by atoms with Gasteiger partial charge in [-0.2, -0.15) is 0 Å². The Morgan fingerprint density at radius 2 is 2.29 bits per heavy atom. The van der Waals surface area contributed by atoms with Gasteiger partial charge in [-0.3, -0.25) is 0 Å². The van der Waals surface area contributed by atoms with Crippen molar-refractivity contribution < 1.29 is 14.3 Å². The van der Waals surface area contributed by atoms with Gasteiger partial charge in [0, 0.05) is 13.5 Å². The van der Waals surface area contributed by atoms with Crippen molar-refractivity contribution >= 4 is 5.97 Å². The van der Waals surface area contributed by atoms with Crippen LogP contribution in [0.1, 0.15) is 29.3 Å². The molecule has 1 atom stereocenters. The molecule has 0 saturated heterocycles. The summed E-state index contributed by atoms with van der Waals surface area (Å²) in [4.78, 5) is 11.8. The Morgan fingerprint density at radius 3 is 2.94 bits per heavy atom. The zero-order valence-electron chi connectivity index (χ0n) is 10.1. The average molecular weight is 232 g/mol. The third-order valence-corrected chi connectivity index (χ3v) is 2.19. The molecule has 0 unspecified atom stereocenters. The number of hydrogen-bond donors (Lipinski definition) is 0. The van der Waals surface area contributed by atoms with Crippen LogP contribution in [-0.2, 0) is 16.1 Å². The molecule has 90 valence electrons. The molecule has 17 heavy (non-hydrogen) atoms. The number of carbonyl (C=O) groups excluding carboxylic acids is 1. The van der Waals surface area contributed by atoms with Gasteiger partial charge in [-0.25, -0.2) is 4.79 Å². The molecule has 0 bridgehead atoms. The summed E-state index contributed by atoms with van der Waals surface area (Å²) in [6, 6.07) is 7.17. The summed E-state index contributed by atoms with van der Waals surface area (Å²) in [6.07, 6.45) is 5.30. The fourth-order valence-electron chi connectivity index (χ4n) is 1.41. The molecular formula is C14H16O3. The van der Waals surface area contributed by atoms with Gasteiger partial charge in [-0.15, -0.1) is 12.3 Å². The second kappa shape index (κ2) is 6.72. The van der Waals surface area contributed by atoms with Gasteiger partial charge in [-0.05, 0) is 24.6 Å². The molecular weight excluding hydrogens is 216 g/mol. The van der Waals surface area contributed by atoms with Crippen LogP contribution in [0.4, 0.5) is 0 Å². The molecule has 3 nitrogen and oxygen atoms in total. The molecule has 0 aliphatic rings. The lowest BCUT2D eigenvalue weighted by Gasteiger charge is -2.10. The van der Waals surface area contributed by atoms with E-state index in [1.54, 1.807) is 32.2 Å². The Balaban J connectivity index is 2.69. The predicted octanol–water partition coefficient (Wildman–Crippen LogP) is 2.40. The lowest BCUT2D eigenvalue weighted by atomic mass is 10.1. The Labute approximate surface area is 102 Å². The highest BCUT2D eigenvalue weighted by Gasteiger charge is 2.11. The predicted molar refractivity (Wildman–Crippen MR) is 65.5 cm³/mol. The van der Waals surface area contributed by atoms with Gasteiger partial charge in [0.1, 0.15) is 6.10 Å². The minimum atomic E-state index is -0.356. The van der Waals surface area contributed by atoms with Crippen LogP contribution in [0.2, 0.25) is 0 Å². The van der Waals surface area contributed by atoms with E-state index in [-0.39, 0.29) is 12.1 Å². The number of terminal acetylenes is 1. The fraction of sp³-hybridized carbons (Fsp3) is 0.357. The van der Waals surface area contributed by atoms with Crippen molar-refractivity contribution in [2.75, 3.05) is 7.11 Å². The van der Waals surface area contributed by atoms with Crippen LogP contribution in [0.15, 0.2) is 24.3 Å². The first-order valence-corrected chi connectivity index (χ1v) is 5.39. The van der Waals surface area contributed by atoms with E-state index in [9.17, 15) is 4.79 Å². The monoisotopic (exact) mass is 232 g/mol. The van der Waals surface area contributed by atoms with Crippen molar-refractivity contribution in [3.8, 4) is 12.3 Å². The van der Waals surface area contributed by atoms with Crippen LogP contribution in [0.5, 0.6) is 0 Å². The van der Waals surface area contributed by atoms with Gasteiger partial charge in [0.2, 0.25) is 0 Å². The molecule has 1 rings (SSSR count). The number of ether oxygens (including phenoxy) is 2. The van der Waals surface area contributed by atoms with Crippen molar-refractivity contribution in [1.29, 1.82) is 0 Å². The van der Waals surface area contributed by atoms with Crippen LogP contribution >= 0.6 is 0 Å². The van der Waals surface area contributed by atoms with E-state index < -0.39 is 0 Å². The van der Waals surface area contributed by atoms with Crippen LogP contribution in [-0.4, -0.2) is 19.2 Å². The third kappa shape index (κ3) is 4.29. The van der Waals surface area contributed by atoms with E-state index >= 15 is 0 Å². The smallest absolute Gasteiger partial charge is 0.338 e. The fourth-order valence-corrected chi connectivity index (χ4v) is 1.41. The lowest BCUT2D eigenvalue weighted by molar-refractivity contribution is 0.0352. The maximum absolute atomic E-state index is 11.8. The number of benzene rings is 1. The second-order valence-electron chi connectivity index (χ2n) is 3.76. The summed E-state index contributed by atoms with van der Waals surface area (Å²) in [5.41, 5.74) is 1.45. The molecule has 0 saturated carbocycles. The number of esters is 1. The highest BCUT2D eigenvalue weighted by atomic mass is 16.5. The van der Waals surface area contributed by atoms with Crippen molar-refractivity contribution in [2.24, 2.45) is 0 Å². The average Bonchev–Trinajstić information content (AvgIpc) is 2.30. The largest absolute Gasteiger partial charge is 0.458 e. The molecule has 0 heterocycles. The van der Waals surface area contributed by atoms with Gasteiger partial charge in [0.15, 0.2) is 0 Å². The molecule has 3 heteroatoms. The normalized spacial score (nSPS) is 11.6. The van der Waals surface area contributed by atoms with E-state index in [1.165, 1.54) is 0 Å². The Morgan fingerprint density at radius 1 is 1.53 bits per heavy atom. The van der Waals surface area contributed by atoms with Crippen LogP contribution in [0.25, 0.3) is 0 Å². The van der Waals surface area contributed by atoms with E-state index in [1.807, 2.05) is 6.07 Å². The number of rotatable bonds is 5. The second-order valence-corrected chi connectivity index (χ2v) is 3.76.